The van der Waals surface area contributed by atoms with Gasteiger partial charge in [-0.1, -0.05) is 6.92 Å². The van der Waals surface area contributed by atoms with E-state index in [-0.39, 0.29) is 0 Å². The van der Waals surface area contributed by atoms with Gasteiger partial charge in [-0.2, -0.15) is 0 Å². The van der Waals surface area contributed by atoms with E-state index in [1.807, 2.05) is 6.20 Å². The molecule has 0 radical (unpaired) electrons. The van der Waals surface area contributed by atoms with Gasteiger partial charge in [-0.25, -0.2) is 0 Å². The van der Waals surface area contributed by atoms with Crippen LogP contribution in [0.25, 0.3) is 0 Å². The predicted molar refractivity (Wildman–Crippen MR) is 83.2 cm³/mol. The molecule has 1 N–H and O–H groups in total. The van der Waals surface area contributed by atoms with Gasteiger partial charge in [0.1, 0.15) is 0 Å². The number of aryl methyl sites for hydroxylation is 1. The normalized spacial score (nSPS) is 16.6. The summed E-state index contributed by atoms with van der Waals surface area (Å²) in [7, 11) is 1.80. The molecule has 20 heavy (non-hydrogen) atoms. The Morgan fingerprint density at radius 3 is 2.80 bits per heavy atom. The fourth-order valence-electron chi connectivity index (χ4n) is 2.84. The molecule has 0 atom stereocenters. The molecule has 0 amide bonds. The highest BCUT2D eigenvalue weighted by Crippen LogP contribution is 2.26. The number of aromatic nitrogens is 1. The van der Waals surface area contributed by atoms with Crippen molar-refractivity contribution in [1.82, 2.24) is 10.3 Å². The van der Waals surface area contributed by atoms with E-state index >= 15 is 0 Å². The summed E-state index contributed by atoms with van der Waals surface area (Å²) in [6.45, 7) is 9.23. The van der Waals surface area contributed by atoms with Crippen molar-refractivity contribution in [3.8, 4) is 0 Å². The summed E-state index contributed by atoms with van der Waals surface area (Å²) in [6.07, 6.45) is 4.46. The van der Waals surface area contributed by atoms with Crippen LogP contribution in [0.15, 0.2) is 12.3 Å². The maximum absolute atomic E-state index is 5.28. The van der Waals surface area contributed by atoms with Crippen LogP contribution in [-0.2, 0) is 11.3 Å². The molecule has 2 heterocycles. The van der Waals surface area contributed by atoms with Crippen molar-refractivity contribution < 1.29 is 4.74 Å². The summed E-state index contributed by atoms with van der Waals surface area (Å²) in [5, 5.41) is 3.41. The van der Waals surface area contributed by atoms with Crippen LogP contribution < -0.4 is 10.2 Å². The molecule has 1 aromatic heterocycles. The molecular formula is C16H27N3O. The van der Waals surface area contributed by atoms with Crippen LogP contribution in [0.3, 0.4) is 0 Å². The van der Waals surface area contributed by atoms with Crippen LogP contribution in [0.2, 0.25) is 0 Å². The zero-order valence-electron chi connectivity index (χ0n) is 13.0. The maximum atomic E-state index is 5.28. The molecule has 0 unspecified atom stereocenters. The van der Waals surface area contributed by atoms with Crippen LogP contribution in [0.4, 0.5) is 5.69 Å². The number of ether oxygens (including phenoxy) is 1. The second-order valence-electron chi connectivity index (χ2n) is 5.62. The van der Waals surface area contributed by atoms with E-state index in [0.717, 1.165) is 44.4 Å². The number of nitrogens with zero attached hydrogens (tertiary/aromatic N) is 2. The molecule has 0 spiro atoms. The van der Waals surface area contributed by atoms with Crippen molar-refractivity contribution >= 4 is 5.69 Å². The molecule has 0 aliphatic carbocycles. The van der Waals surface area contributed by atoms with E-state index < -0.39 is 0 Å². The van der Waals surface area contributed by atoms with Crippen molar-refractivity contribution in [2.24, 2.45) is 5.92 Å². The Balaban J connectivity index is 2.05. The molecule has 0 saturated carbocycles. The van der Waals surface area contributed by atoms with Crippen LogP contribution in [0.1, 0.15) is 31.0 Å². The number of hydrogen-bond acceptors (Lipinski definition) is 4. The van der Waals surface area contributed by atoms with Crippen molar-refractivity contribution in [2.75, 3.05) is 38.3 Å². The zero-order valence-corrected chi connectivity index (χ0v) is 13.0. The molecule has 1 aliphatic rings. The van der Waals surface area contributed by atoms with Gasteiger partial charge in [0.05, 0.1) is 0 Å². The summed E-state index contributed by atoms with van der Waals surface area (Å²) in [5.74, 6) is 0.719. The summed E-state index contributed by atoms with van der Waals surface area (Å²) in [6, 6.07) is 2.23. The smallest absolute Gasteiger partial charge is 0.0491 e. The lowest BCUT2D eigenvalue weighted by Crippen LogP contribution is -2.36. The number of anilines is 1. The Kier molecular flexibility index (Phi) is 5.80. The van der Waals surface area contributed by atoms with Gasteiger partial charge in [0.25, 0.3) is 0 Å². The first-order valence-corrected chi connectivity index (χ1v) is 7.64. The minimum atomic E-state index is 0.719. The van der Waals surface area contributed by atoms with Crippen LogP contribution in [0, 0.1) is 12.8 Å². The zero-order chi connectivity index (χ0) is 14.4. The first-order valence-electron chi connectivity index (χ1n) is 7.64. The largest absolute Gasteiger partial charge is 0.384 e. The van der Waals surface area contributed by atoms with Crippen molar-refractivity contribution in [2.45, 2.75) is 33.2 Å². The standard InChI is InChI=1S/C16H27N3O/c1-4-17-10-15-11-18-13(2)9-16(15)19-7-5-14(6-8-19)12-20-3/h9,11,14,17H,4-8,10,12H2,1-3H3. The minimum absolute atomic E-state index is 0.719. The monoisotopic (exact) mass is 277 g/mol. The van der Waals surface area contributed by atoms with Gasteiger partial charge in [0.15, 0.2) is 0 Å². The van der Waals surface area contributed by atoms with Gasteiger partial charge in [0.2, 0.25) is 0 Å². The lowest BCUT2D eigenvalue weighted by atomic mass is 9.97. The van der Waals surface area contributed by atoms with E-state index in [4.69, 9.17) is 4.74 Å². The number of pyridine rings is 1. The quantitative estimate of drug-likeness (QED) is 0.866. The fourth-order valence-corrected chi connectivity index (χ4v) is 2.84. The second kappa shape index (κ2) is 7.60. The third-order valence-electron chi connectivity index (χ3n) is 4.02. The Bertz CT molecular complexity index is 414. The third kappa shape index (κ3) is 3.93. The molecule has 0 bridgehead atoms. The molecule has 112 valence electrons. The van der Waals surface area contributed by atoms with Gasteiger partial charge in [-0.3, -0.25) is 4.98 Å². The number of rotatable bonds is 6. The Labute approximate surface area is 122 Å². The highest BCUT2D eigenvalue weighted by atomic mass is 16.5. The molecule has 1 aliphatic heterocycles. The molecule has 4 nitrogen and oxygen atoms in total. The summed E-state index contributed by atoms with van der Waals surface area (Å²) in [5.41, 5.74) is 3.76. The molecule has 2 rings (SSSR count). The van der Waals surface area contributed by atoms with Crippen molar-refractivity contribution in [1.29, 1.82) is 0 Å². The van der Waals surface area contributed by atoms with E-state index in [2.05, 4.69) is 35.1 Å². The summed E-state index contributed by atoms with van der Waals surface area (Å²) >= 11 is 0. The lowest BCUT2D eigenvalue weighted by Gasteiger charge is -2.34. The average molecular weight is 277 g/mol. The topological polar surface area (TPSA) is 37.4 Å². The molecular weight excluding hydrogens is 250 g/mol. The first kappa shape index (κ1) is 15.3. The van der Waals surface area contributed by atoms with Gasteiger partial charge in [-0.15, -0.1) is 0 Å². The number of methoxy groups -OCH3 is 1. The third-order valence-corrected chi connectivity index (χ3v) is 4.02. The average Bonchev–Trinajstić information content (AvgIpc) is 2.47. The molecule has 1 aromatic rings. The molecule has 4 heteroatoms. The summed E-state index contributed by atoms with van der Waals surface area (Å²) in [4.78, 5) is 6.95. The molecule has 0 aromatic carbocycles. The van der Waals surface area contributed by atoms with Gasteiger partial charge in [0, 0.05) is 56.5 Å². The highest BCUT2D eigenvalue weighted by molar-refractivity contribution is 5.54. The Morgan fingerprint density at radius 1 is 1.40 bits per heavy atom. The minimum Gasteiger partial charge on any atom is -0.384 e. The van der Waals surface area contributed by atoms with Gasteiger partial charge >= 0.3 is 0 Å². The van der Waals surface area contributed by atoms with Crippen molar-refractivity contribution in [3.05, 3.63) is 23.5 Å². The van der Waals surface area contributed by atoms with E-state index in [1.54, 1.807) is 7.11 Å². The Morgan fingerprint density at radius 2 is 2.15 bits per heavy atom. The molecule has 1 fully saturated rings. The summed E-state index contributed by atoms with van der Waals surface area (Å²) < 4.78 is 5.28. The SMILES string of the molecule is CCNCc1cnc(C)cc1N1CCC(COC)CC1. The number of piperidine rings is 1. The van der Waals surface area contributed by atoms with E-state index in [1.165, 1.54) is 24.1 Å². The maximum Gasteiger partial charge on any atom is 0.0491 e. The van der Waals surface area contributed by atoms with Crippen LogP contribution in [-0.4, -0.2) is 38.3 Å². The van der Waals surface area contributed by atoms with Gasteiger partial charge < -0.3 is 15.0 Å². The predicted octanol–water partition coefficient (Wildman–Crippen LogP) is 2.36. The second-order valence-corrected chi connectivity index (χ2v) is 5.62. The molecule has 1 saturated heterocycles. The lowest BCUT2D eigenvalue weighted by molar-refractivity contribution is 0.139. The number of nitrogens with one attached hydrogen (secondary N) is 1. The first-order chi connectivity index (χ1) is 9.74. The van der Waals surface area contributed by atoms with Crippen LogP contribution in [0.5, 0.6) is 0 Å². The van der Waals surface area contributed by atoms with Crippen LogP contribution >= 0.6 is 0 Å². The van der Waals surface area contributed by atoms with Crippen molar-refractivity contribution in [3.63, 3.8) is 0 Å². The number of hydrogen-bond donors (Lipinski definition) is 1. The van der Waals surface area contributed by atoms with Gasteiger partial charge in [-0.05, 0) is 38.3 Å². The highest BCUT2D eigenvalue weighted by Gasteiger charge is 2.21. The van der Waals surface area contributed by atoms with E-state index in [9.17, 15) is 0 Å². The van der Waals surface area contributed by atoms with E-state index in [0.29, 0.717) is 0 Å². The fraction of sp³-hybridized carbons (Fsp3) is 0.688. The Hall–Kier alpha value is -1.13.